The highest BCUT2D eigenvalue weighted by Gasteiger charge is 2.34. The lowest BCUT2D eigenvalue weighted by Crippen LogP contribution is -2.45. The van der Waals surface area contributed by atoms with Gasteiger partial charge in [-0.1, -0.05) is 30.3 Å². The number of ether oxygens (including phenoxy) is 2. The maximum absolute atomic E-state index is 5.61. The van der Waals surface area contributed by atoms with Crippen molar-refractivity contribution in [3.05, 3.63) is 54.2 Å². The first kappa shape index (κ1) is 20.1. The fourth-order valence-electron chi connectivity index (χ4n) is 3.99. The number of aromatic nitrogens is 1. The highest BCUT2D eigenvalue weighted by molar-refractivity contribution is 7.80. The fraction of sp³-hybridized carbons (Fsp3) is 0.455. The molecule has 0 aliphatic carbocycles. The molecule has 154 valence electrons. The van der Waals surface area contributed by atoms with Crippen molar-refractivity contribution in [3.8, 4) is 0 Å². The molecule has 0 atom stereocenters. The molecule has 3 heterocycles. The number of morpholine rings is 1. The molecule has 0 radical (unpaired) electrons. The molecule has 2 aliphatic rings. The molecule has 6 nitrogen and oxygen atoms in total. The molecule has 7 heteroatoms. The number of nitrogens with zero attached hydrogens (tertiary/aromatic N) is 2. The van der Waals surface area contributed by atoms with E-state index in [9.17, 15) is 0 Å². The van der Waals surface area contributed by atoms with Crippen molar-refractivity contribution >= 4 is 28.8 Å². The van der Waals surface area contributed by atoms with Gasteiger partial charge in [0.25, 0.3) is 0 Å². The van der Waals surface area contributed by atoms with Crippen molar-refractivity contribution in [3.63, 3.8) is 0 Å². The van der Waals surface area contributed by atoms with E-state index in [1.807, 2.05) is 18.3 Å². The van der Waals surface area contributed by atoms with Crippen molar-refractivity contribution in [2.75, 3.05) is 56.3 Å². The summed E-state index contributed by atoms with van der Waals surface area (Å²) in [5, 5.41) is 7.31. The van der Waals surface area contributed by atoms with Crippen LogP contribution in [0, 0.1) is 0 Å². The highest BCUT2D eigenvalue weighted by atomic mass is 32.1. The van der Waals surface area contributed by atoms with E-state index in [1.54, 1.807) is 0 Å². The van der Waals surface area contributed by atoms with Crippen LogP contribution in [0.1, 0.15) is 18.4 Å². The first-order chi connectivity index (χ1) is 14.3. The quantitative estimate of drug-likeness (QED) is 0.732. The molecule has 2 N–H and O–H groups in total. The summed E-state index contributed by atoms with van der Waals surface area (Å²) in [4.78, 5) is 6.81. The predicted octanol–water partition coefficient (Wildman–Crippen LogP) is 2.95. The summed E-state index contributed by atoms with van der Waals surface area (Å²) in [5.41, 5.74) is 2.28. The third kappa shape index (κ3) is 5.04. The van der Waals surface area contributed by atoms with Gasteiger partial charge < -0.3 is 25.0 Å². The highest BCUT2D eigenvalue weighted by Crippen LogP contribution is 2.34. The number of benzene rings is 1. The van der Waals surface area contributed by atoms with Crippen LogP contribution in [0.2, 0.25) is 0 Å². The minimum atomic E-state index is 0.0453. The lowest BCUT2D eigenvalue weighted by atomic mass is 9.74. The third-order valence-corrected chi connectivity index (χ3v) is 6.01. The lowest BCUT2D eigenvalue weighted by molar-refractivity contribution is 0.0515. The van der Waals surface area contributed by atoms with E-state index >= 15 is 0 Å². The molecule has 0 saturated carbocycles. The molecule has 0 amide bonds. The van der Waals surface area contributed by atoms with Gasteiger partial charge in [-0.15, -0.1) is 0 Å². The summed E-state index contributed by atoms with van der Waals surface area (Å²) in [6.07, 6.45) is 3.81. The molecule has 29 heavy (non-hydrogen) atoms. The van der Waals surface area contributed by atoms with E-state index in [1.165, 1.54) is 5.56 Å². The molecule has 2 fully saturated rings. The second-order valence-electron chi connectivity index (χ2n) is 7.57. The van der Waals surface area contributed by atoms with Crippen LogP contribution in [0.5, 0.6) is 0 Å². The first-order valence-corrected chi connectivity index (χ1v) is 10.6. The van der Waals surface area contributed by atoms with Crippen LogP contribution in [-0.2, 0) is 14.9 Å². The molecule has 1 aromatic heterocycles. The van der Waals surface area contributed by atoms with Gasteiger partial charge in [0.15, 0.2) is 5.11 Å². The molecule has 1 aromatic carbocycles. The van der Waals surface area contributed by atoms with E-state index in [4.69, 9.17) is 21.7 Å². The minimum Gasteiger partial charge on any atom is -0.381 e. The molecule has 2 aromatic rings. The Hall–Kier alpha value is -2.22. The zero-order valence-electron chi connectivity index (χ0n) is 16.6. The molecule has 2 aliphatic heterocycles. The Morgan fingerprint density at radius 1 is 1.00 bits per heavy atom. The molecule has 2 saturated heterocycles. The monoisotopic (exact) mass is 412 g/mol. The second kappa shape index (κ2) is 9.52. The van der Waals surface area contributed by atoms with Gasteiger partial charge >= 0.3 is 0 Å². The van der Waals surface area contributed by atoms with Crippen molar-refractivity contribution < 1.29 is 9.47 Å². The van der Waals surface area contributed by atoms with Crippen molar-refractivity contribution in [2.45, 2.75) is 18.3 Å². The number of anilines is 2. The van der Waals surface area contributed by atoms with Gasteiger partial charge in [0.05, 0.1) is 25.1 Å². The van der Waals surface area contributed by atoms with Crippen LogP contribution >= 0.6 is 12.2 Å². The predicted molar refractivity (Wildman–Crippen MR) is 120 cm³/mol. The molecular formula is C22H28N4O2S. The number of pyridine rings is 1. The van der Waals surface area contributed by atoms with Gasteiger partial charge in [-0.3, -0.25) is 0 Å². The van der Waals surface area contributed by atoms with Crippen LogP contribution in [0.4, 0.5) is 11.5 Å². The van der Waals surface area contributed by atoms with Gasteiger partial charge in [0.1, 0.15) is 5.82 Å². The van der Waals surface area contributed by atoms with Crippen molar-refractivity contribution in [1.82, 2.24) is 10.3 Å². The van der Waals surface area contributed by atoms with E-state index in [2.05, 4.69) is 50.8 Å². The van der Waals surface area contributed by atoms with Gasteiger partial charge in [-0.25, -0.2) is 4.98 Å². The number of hydrogen-bond acceptors (Lipinski definition) is 5. The van der Waals surface area contributed by atoms with Gasteiger partial charge in [0.2, 0.25) is 0 Å². The second-order valence-corrected chi connectivity index (χ2v) is 7.98. The topological polar surface area (TPSA) is 58.7 Å². The Morgan fingerprint density at radius 2 is 1.72 bits per heavy atom. The van der Waals surface area contributed by atoms with Crippen LogP contribution < -0.4 is 15.5 Å². The van der Waals surface area contributed by atoms with Crippen molar-refractivity contribution in [1.29, 1.82) is 0 Å². The lowest BCUT2D eigenvalue weighted by Gasteiger charge is -2.38. The van der Waals surface area contributed by atoms with E-state index in [0.717, 1.165) is 70.4 Å². The summed E-state index contributed by atoms with van der Waals surface area (Å²) >= 11 is 5.55. The summed E-state index contributed by atoms with van der Waals surface area (Å²) in [6.45, 7) is 5.61. The third-order valence-electron chi connectivity index (χ3n) is 5.76. The largest absolute Gasteiger partial charge is 0.381 e. The Labute approximate surface area is 177 Å². The minimum absolute atomic E-state index is 0.0453. The SMILES string of the molecule is S=C(NCC1(c2ccccc2)CCOCC1)Nc1ccc(N2CCOCC2)nc1. The van der Waals surface area contributed by atoms with Crippen LogP contribution in [0.3, 0.4) is 0 Å². The summed E-state index contributed by atoms with van der Waals surface area (Å²) in [6, 6.07) is 14.7. The smallest absolute Gasteiger partial charge is 0.170 e. The normalized spacial score (nSPS) is 18.8. The maximum atomic E-state index is 5.61. The zero-order valence-corrected chi connectivity index (χ0v) is 17.4. The average molecular weight is 413 g/mol. The zero-order chi connectivity index (χ0) is 19.9. The van der Waals surface area contributed by atoms with E-state index < -0.39 is 0 Å². The molecular weight excluding hydrogens is 384 g/mol. The Morgan fingerprint density at radius 3 is 2.41 bits per heavy atom. The van der Waals surface area contributed by atoms with E-state index in [0.29, 0.717) is 5.11 Å². The van der Waals surface area contributed by atoms with Gasteiger partial charge in [-0.2, -0.15) is 0 Å². The Bertz CT molecular complexity index is 788. The van der Waals surface area contributed by atoms with Gasteiger partial charge in [-0.05, 0) is 42.8 Å². The Kier molecular flexibility index (Phi) is 6.59. The van der Waals surface area contributed by atoms with E-state index in [-0.39, 0.29) is 5.41 Å². The first-order valence-electron chi connectivity index (χ1n) is 10.2. The number of thiocarbonyl (C=S) groups is 1. The molecule has 0 unspecified atom stereocenters. The van der Waals surface area contributed by atoms with Crippen LogP contribution in [0.25, 0.3) is 0 Å². The Balaban J connectivity index is 1.35. The molecule has 0 bridgehead atoms. The average Bonchev–Trinajstić information content (AvgIpc) is 2.80. The molecule has 0 spiro atoms. The number of hydrogen-bond donors (Lipinski definition) is 2. The van der Waals surface area contributed by atoms with Crippen LogP contribution in [0.15, 0.2) is 48.7 Å². The number of rotatable bonds is 5. The standard InChI is InChI=1S/C22H28N4O2S/c29-21(25-19-6-7-20(23-16-19)26-10-14-28-15-11-26)24-17-22(8-12-27-13-9-22)18-4-2-1-3-5-18/h1-7,16H,8-15,17H2,(H2,24,25,29). The summed E-state index contributed by atoms with van der Waals surface area (Å²) < 4.78 is 11.0. The van der Waals surface area contributed by atoms with Crippen LogP contribution in [-0.4, -0.2) is 56.2 Å². The van der Waals surface area contributed by atoms with Gasteiger partial charge in [0, 0.05) is 38.3 Å². The molecule has 4 rings (SSSR count). The summed E-state index contributed by atoms with van der Waals surface area (Å²) in [7, 11) is 0. The summed E-state index contributed by atoms with van der Waals surface area (Å²) in [5.74, 6) is 0.975. The van der Waals surface area contributed by atoms with Crippen molar-refractivity contribution in [2.24, 2.45) is 0 Å². The number of nitrogens with one attached hydrogen (secondary N) is 2. The maximum Gasteiger partial charge on any atom is 0.170 e. The fourth-order valence-corrected chi connectivity index (χ4v) is 4.18.